The molecule has 1 amide bonds. The molecule has 0 bridgehead atoms. The number of hydrogen-bond donors (Lipinski definition) is 2. The lowest BCUT2D eigenvalue weighted by Gasteiger charge is -2.13. The molecule has 0 saturated heterocycles. The molecular weight excluding hydrogens is 340 g/mol. The van der Waals surface area contributed by atoms with Crippen molar-refractivity contribution in [2.24, 2.45) is 7.05 Å². The Bertz CT molecular complexity index is 898. The number of H-pyrrole nitrogens is 1. The molecule has 7 nitrogen and oxygen atoms in total. The van der Waals surface area contributed by atoms with Gasteiger partial charge in [0, 0.05) is 30.5 Å². The van der Waals surface area contributed by atoms with Crippen molar-refractivity contribution in [3.05, 3.63) is 52.8 Å². The van der Waals surface area contributed by atoms with Crippen LogP contribution in [0.15, 0.2) is 36.7 Å². The third kappa shape index (κ3) is 3.89. The fourth-order valence-electron chi connectivity index (χ4n) is 2.51. The number of nitrogens with one attached hydrogen (secondary N) is 2. The number of hydrogen-bond acceptors (Lipinski definition) is 4. The minimum absolute atomic E-state index is 0.257. The molecule has 3 aromatic rings. The summed E-state index contributed by atoms with van der Waals surface area (Å²) >= 11 is 6.22. The van der Waals surface area contributed by atoms with Gasteiger partial charge in [0.1, 0.15) is 5.69 Å². The average molecular weight is 359 g/mol. The molecule has 0 aliphatic heterocycles. The molecule has 0 saturated carbocycles. The van der Waals surface area contributed by atoms with E-state index in [9.17, 15) is 4.79 Å². The number of nitrogens with zero attached hydrogens (tertiary/aromatic N) is 4. The molecule has 25 heavy (non-hydrogen) atoms. The number of aromatic amines is 1. The van der Waals surface area contributed by atoms with Crippen molar-refractivity contribution < 1.29 is 4.79 Å². The van der Waals surface area contributed by atoms with Crippen molar-refractivity contribution in [3.8, 4) is 11.4 Å². The Morgan fingerprint density at radius 1 is 1.36 bits per heavy atom. The van der Waals surface area contributed by atoms with Gasteiger partial charge in [0.15, 0.2) is 0 Å². The monoisotopic (exact) mass is 358 g/mol. The van der Waals surface area contributed by atoms with Gasteiger partial charge in [-0.15, -0.1) is 0 Å². The highest BCUT2D eigenvalue weighted by Crippen LogP contribution is 2.24. The van der Waals surface area contributed by atoms with Crippen LogP contribution in [0.2, 0.25) is 5.02 Å². The topological polar surface area (TPSA) is 78.8 Å². The minimum atomic E-state index is -0.257. The highest BCUT2D eigenvalue weighted by atomic mass is 35.5. The smallest absolute Gasteiger partial charge is 0.259 e. The first-order valence-electron chi connectivity index (χ1n) is 7.72. The quantitative estimate of drug-likeness (QED) is 0.735. The van der Waals surface area contributed by atoms with Crippen LogP contribution < -0.4 is 5.32 Å². The van der Waals surface area contributed by atoms with Crippen LogP contribution in [0, 0.1) is 0 Å². The second-order valence-corrected chi connectivity index (χ2v) is 6.44. The number of carbonyl (C=O) groups is 1. The summed E-state index contributed by atoms with van der Waals surface area (Å²) in [6, 6.07) is 7.26. The lowest BCUT2D eigenvalue weighted by Crippen LogP contribution is -2.14. The first-order valence-corrected chi connectivity index (χ1v) is 8.09. The van der Waals surface area contributed by atoms with Crippen molar-refractivity contribution in [2.75, 3.05) is 19.4 Å². The number of benzene rings is 1. The molecule has 2 heterocycles. The van der Waals surface area contributed by atoms with Crippen molar-refractivity contribution in [2.45, 2.75) is 6.54 Å². The predicted molar refractivity (Wildman–Crippen MR) is 97.6 cm³/mol. The van der Waals surface area contributed by atoms with E-state index in [0.717, 1.165) is 5.56 Å². The molecule has 0 spiro atoms. The van der Waals surface area contributed by atoms with Crippen molar-refractivity contribution in [1.82, 2.24) is 24.9 Å². The van der Waals surface area contributed by atoms with Crippen LogP contribution in [-0.4, -0.2) is 44.9 Å². The Labute approximate surface area is 150 Å². The Hall–Kier alpha value is -2.64. The largest absolute Gasteiger partial charge is 0.322 e. The van der Waals surface area contributed by atoms with E-state index in [1.54, 1.807) is 16.8 Å². The number of amides is 1. The third-order valence-corrected chi connectivity index (χ3v) is 4.01. The van der Waals surface area contributed by atoms with E-state index < -0.39 is 0 Å². The highest BCUT2D eigenvalue weighted by molar-refractivity contribution is 6.31. The molecule has 130 valence electrons. The maximum Gasteiger partial charge on any atom is 0.259 e. The molecule has 0 aliphatic rings. The van der Waals surface area contributed by atoms with Crippen molar-refractivity contribution >= 4 is 23.2 Å². The molecule has 0 aliphatic carbocycles. The molecule has 0 atom stereocenters. The van der Waals surface area contributed by atoms with E-state index in [4.69, 9.17) is 11.6 Å². The molecule has 3 rings (SSSR count). The third-order valence-electron chi connectivity index (χ3n) is 3.64. The zero-order valence-electron chi connectivity index (χ0n) is 14.2. The molecule has 2 aromatic heterocycles. The van der Waals surface area contributed by atoms with Crippen LogP contribution in [0.1, 0.15) is 15.9 Å². The summed E-state index contributed by atoms with van der Waals surface area (Å²) in [5.74, 6) is -0.257. The van der Waals surface area contributed by atoms with Gasteiger partial charge in [-0.2, -0.15) is 10.2 Å². The van der Waals surface area contributed by atoms with Crippen molar-refractivity contribution in [3.63, 3.8) is 0 Å². The van der Waals surface area contributed by atoms with Crippen LogP contribution in [-0.2, 0) is 13.6 Å². The molecule has 8 heteroatoms. The van der Waals surface area contributed by atoms with E-state index in [1.165, 1.54) is 6.20 Å². The van der Waals surface area contributed by atoms with E-state index in [2.05, 4.69) is 20.6 Å². The summed E-state index contributed by atoms with van der Waals surface area (Å²) in [6.45, 7) is 0.688. The van der Waals surface area contributed by atoms with Gasteiger partial charge < -0.3 is 10.2 Å². The Morgan fingerprint density at radius 3 is 2.84 bits per heavy atom. The lowest BCUT2D eigenvalue weighted by atomic mass is 10.1. The van der Waals surface area contributed by atoms with Crippen LogP contribution in [0.3, 0.4) is 0 Å². The van der Waals surface area contributed by atoms with E-state index in [-0.39, 0.29) is 5.91 Å². The summed E-state index contributed by atoms with van der Waals surface area (Å²) in [4.78, 5) is 14.7. The number of aromatic nitrogens is 4. The Morgan fingerprint density at radius 2 is 2.16 bits per heavy atom. The molecule has 0 fully saturated rings. The van der Waals surface area contributed by atoms with Gasteiger partial charge in [0.25, 0.3) is 5.91 Å². The number of halogens is 1. The fraction of sp³-hybridized carbons (Fsp3) is 0.235. The Kier molecular flexibility index (Phi) is 4.87. The maximum atomic E-state index is 12.6. The second kappa shape index (κ2) is 7.08. The zero-order valence-corrected chi connectivity index (χ0v) is 15.0. The normalized spacial score (nSPS) is 11.1. The maximum absolute atomic E-state index is 12.6. The fourth-order valence-corrected chi connectivity index (χ4v) is 2.69. The lowest BCUT2D eigenvalue weighted by molar-refractivity contribution is 0.102. The van der Waals surface area contributed by atoms with Crippen LogP contribution in [0.4, 0.5) is 5.69 Å². The van der Waals surface area contributed by atoms with E-state index in [1.807, 2.05) is 44.4 Å². The average Bonchev–Trinajstić information content (AvgIpc) is 3.18. The molecule has 1 aromatic carbocycles. The number of carbonyl (C=O) groups excluding carboxylic acids is 1. The van der Waals surface area contributed by atoms with Crippen LogP contribution >= 0.6 is 11.6 Å². The van der Waals surface area contributed by atoms with Gasteiger partial charge >= 0.3 is 0 Å². The van der Waals surface area contributed by atoms with Gasteiger partial charge in [-0.05, 0) is 43.9 Å². The number of rotatable bonds is 5. The summed E-state index contributed by atoms with van der Waals surface area (Å²) in [7, 11) is 5.75. The minimum Gasteiger partial charge on any atom is -0.322 e. The first-order chi connectivity index (χ1) is 11.9. The standard InChI is InChI=1S/C17H19ClN6O/c1-23(2)10-11-8-12(4-5-14(11)18)20-17(25)13-9-19-21-16(13)15-6-7-24(3)22-15/h4-9H,10H2,1-3H3,(H,19,21)(H,20,25). The second-order valence-electron chi connectivity index (χ2n) is 6.03. The van der Waals surface area contributed by atoms with Crippen LogP contribution in [0.25, 0.3) is 11.4 Å². The highest BCUT2D eigenvalue weighted by Gasteiger charge is 2.17. The van der Waals surface area contributed by atoms with Gasteiger partial charge in [0.2, 0.25) is 0 Å². The molecule has 0 radical (unpaired) electrons. The summed E-state index contributed by atoms with van der Waals surface area (Å²) in [6.07, 6.45) is 3.31. The molecule has 0 unspecified atom stereocenters. The summed E-state index contributed by atoms with van der Waals surface area (Å²) in [5.41, 5.74) is 3.30. The van der Waals surface area contributed by atoms with Gasteiger partial charge in [-0.3, -0.25) is 14.6 Å². The van der Waals surface area contributed by atoms with E-state index >= 15 is 0 Å². The van der Waals surface area contributed by atoms with E-state index in [0.29, 0.717) is 34.2 Å². The molecule has 2 N–H and O–H groups in total. The van der Waals surface area contributed by atoms with Gasteiger partial charge in [-0.25, -0.2) is 0 Å². The molecular formula is C17H19ClN6O. The predicted octanol–water partition coefficient (Wildman–Crippen LogP) is 2.78. The SMILES string of the molecule is CN(C)Cc1cc(NC(=O)c2cn[nH]c2-c2ccn(C)n2)ccc1Cl. The Balaban J connectivity index is 1.83. The zero-order chi connectivity index (χ0) is 18.0. The number of anilines is 1. The van der Waals surface area contributed by atoms with Gasteiger partial charge in [0.05, 0.1) is 17.5 Å². The summed E-state index contributed by atoms with van der Waals surface area (Å²) < 4.78 is 1.67. The first kappa shape index (κ1) is 17.2. The van der Waals surface area contributed by atoms with Crippen LogP contribution in [0.5, 0.6) is 0 Å². The number of aryl methyl sites for hydroxylation is 1. The van der Waals surface area contributed by atoms with Crippen molar-refractivity contribution in [1.29, 1.82) is 0 Å². The summed E-state index contributed by atoms with van der Waals surface area (Å²) in [5, 5.41) is 14.7. The van der Waals surface area contributed by atoms with Gasteiger partial charge in [-0.1, -0.05) is 11.6 Å².